The molecule has 0 N–H and O–H groups in total. The lowest BCUT2D eigenvalue weighted by Gasteiger charge is -2.32. The number of carbonyl (C=O) groups excluding carboxylic acids is 1. The Hall–Kier alpha value is -2.80. The van der Waals surface area contributed by atoms with Crippen LogP contribution < -0.4 is 0 Å². The van der Waals surface area contributed by atoms with Crippen molar-refractivity contribution >= 4 is 16.2 Å². The lowest BCUT2D eigenvalue weighted by molar-refractivity contribution is 0.0352. The molecule has 0 radical (unpaired) electrons. The number of nitrogens with zero attached hydrogens (tertiary/aromatic N) is 1. The average Bonchev–Trinajstić information content (AvgIpc) is 3.05. The second-order valence-corrected chi connectivity index (χ2v) is 8.77. The highest BCUT2D eigenvalue weighted by Crippen LogP contribution is 2.54. The van der Waals surface area contributed by atoms with Gasteiger partial charge in [0.05, 0.1) is 10.6 Å². The van der Waals surface area contributed by atoms with Crippen LogP contribution in [0.5, 0.6) is 0 Å². The summed E-state index contributed by atoms with van der Waals surface area (Å²) in [6.07, 6.45) is -1.70. The van der Waals surface area contributed by atoms with Crippen molar-refractivity contribution in [3.8, 4) is 0 Å². The van der Waals surface area contributed by atoms with Gasteiger partial charge in [-0.1, -0.05) is 54.6 Å². The molecule has 0 aromatic heterocycles. The van der Waals surface area contributed by atoms with Gasteiger partial charge < -0.3 is 9.47 Å². The molecule has 2 aromatic rings. The number of benzene rings is 2. The number of ether oxygens (including phenoxy) is 2. The average molecular weight is 385 g/mol. The minimum absolute atomic E-state index is 0.144. The molecule has 27 heavy (non-hydrogen) atoms. The largest absolute Gasteiger partial charge is 0.509 e. The van der Waals surface area contributed by atoms with Crippen LogP contribution in [-0.2, 0) is 19.5 Å². The first kappa shape index (κ1) is 17.6. The third-order valence-corrected chi connectivity index (χ3v) is 6.93. The predicted molar refractivity (Wildman–Crippen MR) is 98.3 cm³/mol. The molecular weight excluding hydrogens is 366 g/mol. The Morgan fingerprint density at radius 2 is 1.70 bits per heavy atom. The number of sulfonamides is 1. The van der Waals surface area contributed by atoms with Gasteiger partial charge in [-0.25, -0.2) is 13.2 Å². The highest BCUT2D eigenvalue weighted by atomic mass is 32.2. The van der Waals surface area contributed by atoms with Crippen LogP contribution in [0.1, 0.15) is 24.1 Å². The molecular formula is C20H19NO5S. The van der Waals surface area contributed by atoms with E-state index >= 15 is 0 Å². The van der Waals surface area contributed by atoms with E-state index in [1.807, 2.05) is 25.1 Å². The molecule has 2 fully saturated rings. The van der Waals surface area contributed by atoms with Crippen molar-refractivity contribution in [1.29, 1.82) is 0 Å². The number of carbonyl (C=O) groups is 1. The van der Waals surface area contributed by atoms with Gasteiger partial charge >= 0.3 is 6.16 Å². The summed E-state index contributed by atoms with van der Waals surface area (Å²) in [5, 5.41) is 0. The number of fused-ring (bicyclic) bond motifs is 1. The van der Waals surface area contributed by atoms with Crippen LogP contribution in [0.15, 0.2) is 71.8 Å². The number of hydrogen-bond donors (Lipinski definition) is 0. The van der Waals surface area contributed by atoms with Gasteiger partial charge in [-0.15, -0.1) is 0 Å². The van der Waals surface area contributed by atoms with Gasteiger partial charge in [0.2, 0.25) is 0 Å². The van der Waals surface area contributed by atoms with Crippen molar-refractivity contribution in [2.45, 2.75) is 36.5 Å². The Kier molecular flexibility index (Phi) is 3.82. The van der Waals surface area contributed by atoms with Gasteiger partial charge in [0, 0.05) is 0 Å². The number of rotatable bonds is 3. The number of hydrogen-bond acceptors (Lipinski definition) is 5. The third kappa shape index (κ3) is 2.53. The Morgan fingerprint density at radius 1 is 1.07 bits per heavy atom. The van der Waals surface area contributed by atoms with E-state index in [1.165, 1.54) is 4.31 Å². The zero-order valence-electron chi connectivity index (χ0n) is 15.0. The summed E-state index contributed by atoms with van der Waals surface area (Å²) in [5.74, 6) is 0. The van der Waals surface area contributed by atoms with E-state index < -0.39 is 33.9 Å². The Balaban J connectivity index is 1.89. The summed E-state index contributed by atoms with van der Waals surface area (Å²) in [6, 6.07) is 14.9. The molecule has 7 heteroatoms. The van der Waals surface area contributed by atoms with Crippen LogP contribution in [-0.4, -0.2) is 30.6 Å². The second kappa shape index (κ2) is 5.85. The fourth-order valence-corrected chi connectivity index (χ4v) is 5.52. The molecule has 0 amide bonds. The van der Waals surface area contributed by atoms with Crippen molar-refractivity contribution in [3.63, 3.8) is 0 Å². The minimum atomic E-state index is -3.94. The molecule has 2 aliphatic rings. The van der Waals surface area contributed by atoms with Crippen LogP contribution in [0.4, 0.5) is 4.79 Å². The lowest BCUT2D eigenvalue weighted by atomic mass is 9.89. The molecule has 2 aromatic carbocycles. The summed E-state index contributed by atoms with van der Waals surface area (Å²) >= 11 is 0. The molecule has 0 bridgehead atoms. The van der Waals surface area contributed by atoms with E-state index in [0.717, 1.165) is 5.56 Å². The van der Waals surface area contributed by atoms with Crippen LogP contribution in [0.2, 0.25) is 0 Å². The topological polar surface area (TPSA) is 72.9 Å². The molecule has 0 unspecified atom stereocenters. The van der Waals surface area contributed by atoms with Crippen molar-refractivity contribution in [1.82, 2.24) is 4.31 Å². The first-order valence-corrected chi connectivity index (χ1v) is 9.93. The molecule has 2 saturated heterocycles. The van der Waals surface area contributed by atoms with Crippen LogP contribution in [0, 0.1) is 6.92 Å². The van der Waals surface area contributed by atoms with Gasteiger partial charge in [-0.05, 0) is 31.5 Å². The SMILES string of the molecule is C=C1[C@@H]2OC(=O)O[C@]2(C)[C@@H](c2ccccc2)N1S(=O)(=O)c1ccc(C)cc1. The van der Waals surface area contributed by atoms with Crippen molar-refractivity contribution in [2.75, 3.05) is 0 Å². The van der Waals surface area contributed by atoms with Crippen LogP contribution in [0.25, 0.3) is 0 Å². The van der Waals surface area contributed by atoms with Gasteiger partial charge in [0.1, 0.15) is 6.04 Å². The van der Waals surface area contributed by atoms with Gasteiger partial charge in [0.15, 0.2) is 11.7 Å². The smallest absolute Gasteiger partial charge is 0.421 e. The zero-order chi connectivity index (χ0) is 19.4. The fourth-order valence-electron chi connectivity index (χ4n) is 3.80. The Labute approximate surface area is 158 Å². The minimum Gasteiger partial charge on any atom is -0.421 e. The maximum atomic E-state index is 13.5. The van der Waals surface area contributed by atoms with Gasteiger partial charge in [-0.3, -0.25) is 4.31 Å². The van der Waals surface area contributed by atoms with E-state index in [-0.39, 0.29) is 10.6 Å². The molecule has 2 heterocycles. The molecule has 140 valence electrons. The first-order chi connectivity index (χ1) is 12.7. The van der Waals surface area contributed by atoms with E-state index in [4.69, 9.17) is 9.47 Å². The maximum Gasteiger partial charge on any atom is 0.509 e. The molecule has 6 nitrogen and oxygen atoms in total. The third-order valence-electron chi connectivity index (χ3n) is 5.09. The van der Waals surface area contributed by atoms with Crippen LogP contribution in [0.3, 0.4) is 0 Å². The van der Waals surface area contributed by atoms with Gasteiger partial charge in [-0.2, -0.15) is 0 Å². The van der Waals surface area contributed by atoms with E-state index in [0.29, 0.717) is 5.56 Å². The normalized spacial score (nSPS) is 27.3. The van der Waals surface area contributed by atoms with Crippen molar-refractivity contribution < 1.29 is 22.7 Å². The monoisotopic (exact) mass is 385 g/mol. The first-order valence-electron chi connectivity index (χ1n) is 8.49. The summed E-state index contributed by atoms with van der Waals surface area (Å²) in [6.45, 7) is 7.49. The summed E-state index contributed by atoms with van der Waals surface area (Å²) in [4.78, 5) is 11.9. The molecule has 0 saturated carbocycles. The van der Waals surface area contributed by atoms with Crippen molar-refractivity contribution in [3.05, 3.63) is 78.0 Å². The highest BCUT2D eigenvalue weighted by Gasteiger charge is 2.65. The highest BCUT2D eigenvalue weighted by molar-refractivity contribution is 7.89. The molecule has 0 aliphatic carbocycles. The fraction of sp³-hybridized carbons (Fsp3) is 0.250. The number of aryl methyl sites for hydroxylation is 1. The summed E-state index contributed by atoms with van der Waals surface area (Å²) in [7, 11) is -3.94. The summed E-state index contributed by atoms with van der Waals surface area (Å²) < 4.78 is 38.9. The Bertz CT molecular complexity index is 1020. The quantitative estimate of drug-likeness (QED) is 0.756. The standard InChI is InChI=1S/C20H19NO5S/c1-13-9-11-16(12-10-13)27(23,24)21-14(2)18-20(3,26-19(22)25-18)17(21)15-7-5-4-6-8-15/h4-12,17-18H,2H2,1,3H3/t17-,18+,20-/m1/s1. The molecule has 3 atom stereocenters. The van der Waals surface area contributed by atoms with E-state index in [2.05, 4.69) is 6.58 Å². The Morgan fingerprint density at radius 3 is 2.33 bits per heavy atom. The van der Waals surface area contributed by atoms with Gasteiger partial charge in [0.25, 0.3) is 10.0 Å². The zero-order valence-corrected chi connectivity index (χ0v) is 15.8. The van der Waals surface area contributed by atoms with E-state index in [9.17, 15) is 13.2 Å². The lowest BCUT2D eigenvalue weighted by Crippen LogP contribution is -2.40. The van der Waals surface area contributed by atoms with Crippen LogP contribution >= 0.6 is 0 Å². The second-order valence-electron chi connectivity index (χ2n) is 6.95. The maximum absolute atomic E-state index is 13.5. The molecule has 4 rings (SSSR count). The molecule has 2 aliphatic heterocycles. The predicted octanol–water partition coefficient (Wildman–Crippen LogP) is 3.55. The summed E-state index contributed by atoms with van der Waals surface area (Å²) in [5.41, 5.74) is 0.623. The molecule has 0 spiro atoms. The van der Waals surface area contributed by atoms with E-state index in [1.54, 1.807) is 43.3 Å². The van der Waals surface area contributed by atoms with Crippen molar-refractivity contribution in [2.24, 2.45) is 0 Å².